The van der Waals surface area contributed by atoms with Gasteiger partial charge in [-0.15, -0.1) is 0 Å². The van der Waals surface area contributed by atoms with Crippen molar-refractivity contribution >= 4 is 11.8 Å². The van der Waals surface area contributed by atoms with Crippen molar-refractivity contribution in [1.29, 1.82) is 0 Å². The lowest BCUT2D eigenvalue weighted by Crippen LogP contribution is -2.63. The fraction of sp³-hybridized carbons (Fsp3) is 0.806. The van der Waals surface area contributed by atoms with E-state index in [1.807, 2.05) is 13.8 Å². The highest BCUT2D eigenvalue weighted by Gasteiger charge is 2.67. The number of esters is 1. The van der Waals surface area contributed by atoms with Gasteiger partial charge in [0, 0.05) is 11.8 Å². The lowest BCUT2D eigenvalue weighted by Gasteiger charge is -2.69. The predicted octanol–water partition coefficient (Wildman–Crippen LogP) is 6.42. The standard InChI is InChI=1S/C31H46O4/c1-26(2)17-20-19-9-10-22-28(5)13-12-23(32)27(3,4)21(28)11-14-30(22,7)29(19,6)15-16-31(20,18-24(26)33)25(34)35-8/h9-10,21-23,32H,11-18H2,1-8H3/t21?,22-,23+,28+,29-,30-,31-/m1/s1. The van der Waals surface area contributed by atoms with E-state index < -0.39 is 10.8 Å². The van der Waals surface area contributed by atoms with E-state index in [0.29, 0.717) is 24.7 Å². The maximum Gasteiger partial charge on any atom is 0.316 e. The summed E-state index contributed by atoms with van der Waals surface area (Å²) in [5.41, 5.74) is 1.30. The van der Waals surface area contributed by atoms with Crippen LogP contribution in [-0.4, -0.2) is 30.1 Å². The fourth-order valence-electron chi connectivity index (χ4n) is 9.94. The number of ketones is 1. The average molecular weight is 483 g/mol. The Morgan fingerprint density at radius 3 is 2.31 bits per heavy atom. The Bertz CT molecular complexity index is 1030. The Morgan fingerprint density at radius 2 is 1.66 bits per heavy atom. The molecular formula is C31H46O4. The quantitative estimate of drug-likeness (QED) is 0.438. The van der Waals surface area contributed by atoms with Crippen molar-refractivity contribution < 1.29 is 19.4 Å². The Hall–Kier alpha value is -1.42. The first-order valence-electron chi connectivity index (χ1n) is 13.8. The van der Waals surface area contributed by atoms with E-state index in [1.54, 1.807) is 0 Å². The number of aliphatic hydroxyl groups excluding tert-OH is 1. The molecule has 3 saturated carbocycles. The van der Waals surface area contributed by atoms with Crippen molar-refractivity contribution in [3.63, 3.8) is 0 Å². The Morgan fingerprint density at radius 1 is 0.971 bits per heavy atom. The summed E-state index contributed by atoms with van der Waals surface area (Å²) in [6.45, 7) is 16.1. The molecule has 0 aliphatic heterocycles. The molecule has 4 nitrogen and oxygen atoms in total. The molecule has 4 heteroatoms. The lowest BCUT2D eigenvalue weighted by atomic mass is 9.35. The number of ether oxygens (including phenoxy) is 1. The number of hydrogen-bond acceptors (Lipinski definition) is 4. The van der Waals surface area contributed by atoms with Crippen LogP contribution in [0.2, 0.25) is 0 Å². The number of fused-ring (bicyclic) bond motifs is 6. The molecule has 0 aromatic heterocycles. The summed E-state index contributed by atoms with van der Waals surface area (Å²) in [4.78, 5) is 26.5. The molecule has 5 aliphatic carbocycles. The van der Waals surface area contributed by atoms with Gasteiger partial charge in [0.25, 0.3) is 0 Å². The van der Waals surface area contributed by atoms with Crippen molar-refractivity contribution in [1.82, 2.24) is 0 Å². The third-order valence-corrected chi connectivity index (χ3v) is 12.5. The van der Waals surface area contributed by atoms with Crippen LogP contribution in [-0.2, 0) is 14.3 Å². The average Bonchev–Trinajstić information content (AvgIpc) is 2.77. The molecule has 5 aliphatic rings. The maximum absolute atomic E-state index is 13.3. The van der Waals surface area contributed by atoms with Gasteiger partial charge in [-0.25, -0.2) is 0 Å². The molecule has 1 unspecified atom stereocenters. The minimum Gasteiger partial charge on any atom is -0.468 e. The van der Waals surface area contributed by atoms with Crippen molar-refractivity contribution in [3.8, 4) is 0 Å². The van der Waals surface area contributed by atoms with Gasteiger partial charge in [-0.1, -0.05) is 60.6 Å². The molecule has 7 atom stereocenters. The van der Waals surface area contributed by atoms with Gasteiger partial charge < -0.3 is 9.84 Å². The van der Waals surface area contributed by atoms with Gasteiger partial charge in [-0.05, 0) is 89.6 Å². The lowest BCUT2D eigenvalue weighted by molar-refractivity contribution is -0.184. The number of rotatable bonds is 1. The molecule has 35 heavy (non-hydrogen) atoms. The number of carbonyl (C=O) groups is 2. The smallest absolute Gasteiger partial charge is 0.316 e. The van der Waals surface area contributed by atoms with Crippen LogP contribution in [0.1, 0.15) is 99.8 Å². The molecule has 194 valence electrons. The predicted molar refractivity (Wildman–Crippen MR) is 137 cm³/mol. The highest BCUT2D eigenvalue weighted by Crippen LogP contribution is 2.74. The van der Waals surface area contributed by atoms with Crippen LogP contribution in [0.4, 0.5) is 0 Å². The molecule has 0 bridgehead atoms. The molecule has 0 aromatic rings. The number of aliphatic hydroxyl groups is 1. The summed E-state index contributed by atoms with van der Waals surface area (Å²) in [5.74, 6) is 0.864. The number of Topliss-reactive ketones (excluding diaryl/α,β-unsaturated/α-hetero) is 1. The number of methoxy groups -OCH3 is 1. The molecule has 0 radical (unpaired) electrons. The third kappa shape index (κ3) is 2.95. The van der Waals surface area contributed by atoms with Crippen molar-refractivity contribution in [2.75, 3.05) is 7.11 Å². The summed E-state index contributed by atoms with van der Waals surface area (Å²) < 4.78 is 5.36. The molecular weight excluding hydrogens is 436 g/mol. The topological polar surface area (TPSA) is 63.6 Å². The molecule has 0 saturated heterocycles. The van der Waals surface area contributed by atoms with Gasteiger partial charge in [0.05, 0.1) is 18.6 Å². The highest BCUT2D eigenvalue weighted by atomic mass is 16.5. The van der Waals surface area contributed by atoms with E-state index in [4.69, 9.17) is 4.74 Å². The largest absolute Gasteiger partial charge is 0.468 e. The minimum absolute atomic E-state index is 0.0517. The van der Waals surface area contributed by atoms with Crippen LogP contribution < -0.4 is 0 Å². The number of carbonyl (C=O) groups excluding carboxylic acids is 2. The first kappa shape index (κ1) is 25.2. The Labute approximate surface area is 212 Å². The third-order valence-electron chi connectivity index (χ3n) is 12.5. The van der Waals surface area contributed by atoms with E-state index in [0.717, 1.165) is 32.1 Å². The van der Waals surface area contributed by atoms with Crippen LogP contribution in [0.15, 0.2) is 23.3 Å². The van der Waals surface area contributed by atoms with Crippen LogP contribution in [0.5, 0.6) is 0 Å². The van der Waals surface area contributed by atoms with Crippen LogP contribution in [0.3, 0.4) is 0 Å². The fourth-order valence-corrected chi connectivity index (χ4v) is 9.94. The van der Waals surface area contributed by atoms with Crippen LogP contribution in [0, 0.1) is 44.3 Å². The number of hydrogen-bond donors (Lipinski definition) is 1. The summed E-state index contributed by atoms with van der Waals surface area (Å²) in [5, 5.41) is 10.9. The van der Waals surface area contributed by atoms with E-state index in [2.05, 4.69) is 46.8 Å². The zero-order valence-corrected chi connectivity index (χ0v) is 23.2. The van der Waals surface area contributed by atoms with E-state index in [9.17, 15) is 14.7 Å². The summed E-state index contributed by atoms with van der Waals surface area (Å²) >= 11 is 0. The molecule has 0 spiro atoms. The van der Waals surface area contributed by atoms with Crippen LogP contribution >= 0.6 is 0 Å². The minimum atomic E-state index is -0.804. The normalized spacial score (nSPS) is 47.8. The van der Waals surface area contributed by atoms with E-state index >= 15 is 0 Å². The molecule has 3 fully saturated rings. The monoisotopic (exact) mass is 482 g/mol. The van der Waals surface area contributed by atoms with Crippen molar-refractivity contribution in [2.24, 2.45) is 44.3 Å². The first-order valence-corrected chi connectivity index (χ1v) is 13.8. The van der Waals surface area contributed by atoms with Gasteiger partial charge in [0.15, 0.2) is 0 Å². The summed E-state index contributed by atoms with van der Waals surface area (Å²) in [6.07, 6.45) is 11.3. The first-order chi connectivity index (χ1) is 16.1. The van der Waals surface area contributed by atoms with E-state index in [-0.39, 0.29) is 45.9 Å². The van der Waals surface area contributed by atoms with Crippen molar-refractivity contribution in [2.45, 2.75) is 106 Å². The molecule has 0 aromatic carbocycles. The summed E-state index contributed by atoms with van der Waals surface area (Å²) in [7, 11) is 1.47. The second-order valence-corrected chi connectivity index (χ2v) is 14.7. The molecule has 5 rings (SSSR count). The summed E-state index contributed by atoms with van der Waals surface area (Å²) in [6, 6.07) is 0. The number of allylic oxidation sites excluding steroid dienone is 3. The Kier molecular flexibility index (Phi) is 5.29. The SMILES string of the molecule is COC(=O)[C@@]12CC[C@]3(C)C(=C1CC(C)(C)C(=O)C2)C=C[C@@H]1[C@@]2(C)CC[C@H](O)C(C)(C)C2CC[C@]13C. The second kappa shape index (κ2) is 7.33. The van der Waals surface area contributed by atoms with E-state index in [1.165, 1.54) is 18.3 Å². The van der Waals surface area contributed by atoms with Gasteiger partial charge in [0.1, 0.15) is 5.78 Å². The maximum atomic E-state index is 13.3. The van der Waals surface area contributed by atoms with Crippen LogP contribution in [0.25, 0.3) is 0 Å². The van der Waals surface area contributed by atoms with Gasteiger partial charge >= 0.3 is 5.97 Å². The van der Waals surface area contributed by atoms with Gasteiger partial charge in [-0.3, -0.25) is 9.59 Å². The molecule has 1 N–H and O–H groups in total. The van der Waals surface area contributed by atoms with Crippen molar-refractivity contribution in [3.05, 3.63) is 23.3 Å². The molecule has 0 heterocycles. The zero-order valence-electron chi connectivity index (χ0n) is 23.2. The zero-order chi connectivity index (χ0) is 25.8. The van der Waals surface area contributed by atoms with Gasteiger partial charge in [0.2, 0.25) is 0 Å². The highest BCUT2D eigenvalue weighted by molar-refractivity contribution is 5.95. The van der Waals surface area contributed by atoms with Gasteiger partial charge in [-0.2, -0.15) is 0 Å². The second-order valence-electron chi connectivity index (χ2n) is 14.7. The molecule has 0 amide bonds. The Balaban J connectivity index is 1.69.